The van der Waals surface area contributed by atoms with E-state index in [2.05, 4.69) is 0 Å². The van der Waals surface area contributed by atoms with E-state index < -0.39 is 69.0 Å². The molecule has 0 fully saturated rings. The fourth-order valence-electron chi connectivity index (χ4n) is 2.68. The average Bonchev–Trinajstić information content (AvgIpc) is 2.65. The third-order valence-corrected chi connectivity index (χ3v) is 4.12. The molecule has 0 amide bonds. The van der Waals surface area contributed by atoms with Crippen LogP contribution in [0.5, 0.6) is 5.75 Å². The largest absolute Gasteiger partial charge is 0.503 e. The van der Waals surface area contributed by atoms with Crippen LogP contribution in [0, 0.1) is 46.5 Å². The average molecular weight is 398 g/mol. The van der Waals surface area contributed by atoms with E-state index in [4.69, 9.17) is 5.11 Å². The van der Waals surface area contributed by atoms with E-state index in [9.17, 15) is 35.1 Å². The molecule has 27 heavy (non-hydrogen) atoms. The summed E-state index contributed by atoms with van der Waals surface area (Å²) in [6.07, 6.45) is 1.86. The maximum Gasteiger partial charge on any atom is 0.204 e. The van der Waals surface area contributed by atoms with Crippen molar-refractivity contribution in [1.82, 2.24) is 0 Å². The first-order valence-corrected chi connectivity index (χ1v) is 8.05. The Balaban J connectivity index is 2.68. The van der Waals surface area contributed by atoms with Crippen molar-refractivity contribution >= 4 is 0 Å². The lowest BCUT2D eigenvalue weighted by atomic mass is 9.97. The summed E-state index contributed by atoms with van der Waals surface area (Å²) in [5.74, 6) is -19.8. The molecule has 0 spiro atoms. The number of benzene rings is 2. The van der Waals surface area contributed by atoms with E-state index in [0.717, 1.165) is 12.8 Å². The lowest BCUT2D eigenvalue weighted by Crippen LogP contribution is -2.10. The number of rotatable bonds is 6. The van der Waals surface area contributed by atoms with Gasteiger partial charge in [-0.2, -0.15) is 8.78 Å². The van der Waals surface area contributed by atoms with Crippen LogP contribution in [0.3, 0.4) is 0 Å². The van der Waals surface area contributed by atoms with Gasteiger partial charge in [-0.15, -0.1) is 0 Å². The number of phenols is 1. The third-order valence-electron chi connectivity index (χ3n) is 4.12. The van der Waals surface area contributed by atoms with E-state index in [-0.39, 0.29) is 12.8 Å². The van der Waals surface area contributed by atoms with Gasteiger partial charge in [0.1, 0.15) is 0 Å². The summed E-state index contributed by atoms with van der Waals surface area (Å²) in [4.78, 5) is 0. The van der Waals surface area contributed by atoms with Crippen LogP contribution >= 0.6 is 0 Å². The Hall–Kier alpha value is -2.32. The molecule has 0 aromatic heterocycles. The molecule has 0 atom stereocenters. The van der Waals surface area contributed by atoms with Gasteiger partial charge in [-0.1, -0.05) is 26.2 Å². The normalized spacial score (nSPS) is 11.3. The van der Waals surface area contributed by atoms with Crippen molar-refractivity contribution in [2.24, 2.45) is 0 Å². The first-order valence-electron chi connectivity index (χ1n) is 8.05. The zero-order valence-corrected chi connectivity index (χ0v) is 14.0. The van der Waals surface area contributed by atoms with Crippen LogP contribution in [-0.4, -0.2) is 5.11 Å². The highest BCUT2D eigenvalue weighted by atomic mass is 19.2. The van der Waals surface area contributed by atoms with Gasteiger partial charge in [0, 0.05) is 5.56 Å². The predicted octanol–water partition coefficient (Wildman–Crippen LogP) is 6.29. The molecule has 0 aliphatic carbocycles. The monoisotopic (exact) mass is 398 g/mol. The number of phenolic OH excluding ortho intramolecular Hbond substituents is 1. The highest BCUT2D eigenvalue weighted by molar-refractivity contribution is 5.68. The fourth-order valence-corrected chi connectivity index (χ4v) is 2.68. The number of aromatic hydroxyl groups is 1. The SMILES string of the molecule is CCCCCCc1c(F)c(F)c(-c2c(F)c(F)c(O)c(F)c2F)c(F)c1F. The summed E-state index contributed by atoms with van der Waals surface area (Å²) in [7, 11) is 0. The Bertz CT molecular complexity index is 821. The molecule has 0 bridgehead atoms. The van der Waals surface area contributed by atoms with E-state index in [1.165, 1.54) is 0 Å². The van der Waals surface area contributed by atoms with Crippen molar-refractivity contribution in [3.63, 3.8) is 0 Å². The molecule has 1 nitrogen and oxygen atoms in total. The van der Waals surface area contributed by atoms with E-state index in [1.54, 1.807) is 0 Å². The smallest absolute Gasteiger partial charge is 0.204 e. The molecule has 1 N–H and O–H groups in total. The Morgan fingerprint density at radius 3 is 1.37 bits per heavy atom. The lowest BCUT2D eigenvalue weighted by Gasteiger charge is -2.14. The van der Waals surface area contributed by atoms with Crippen LogP contribution in [-0.2, 0) is 6.42 Å². The summed E-state index contributed by atoms with van der Waals surface area (Å²) in [5.41, 5.74) is -4.89. The Morgan fingerprint density at radius 1 is 0.556 bits per heavy atom. The molecule has 0 radical (unpaired) electrons. The first-order chi connectivity index (χ1) is 12.6. The van der Waals surface area contributed by atoms with Crippen molar-refractivity contribution in [2.75, 3.05) is 0 Å². The third kappa shape index (κ3) is 3.59. The Labute approximate surface area is 149 Å². The zero-order valence-electron chi connectivity index (χ0n) is 14.0. The molecule has 0 aliphatic heterocycles. The maximum absolute atomic E-state index is 14.3. The molecule has 2 aromatic rings. The molecule has 0 saturated heterocycles. The second-order valence-corrected chi connectivity index (χ2v) is 5.90. The van der Waals surface area contributed by atoms with Gasteiger partial charge < -0.3 is 5.11 Å². The molecular weight excluding hydrogens is 384 g/mol. The van der Waals surface area contributed by atoms with Gasteiger partial charge in [0.25, 0.3) is 0 Å². The van der Waals surface area contributed by atoms with Gasteiger partial charge in [0.15, 0.2) is 40.7 Å². The summed E-state index contributed by atoms with van der Waals surface area (Å²) in [6, 6.07) is 0. The van der Waals surface area contributed by atoms with Gasteiger partial charge in [-0.3, -0.25) is 0 Å². The van der Waals surface area contributed by atoms with E-state index in [0.29, 0.717) is 6.42 Å². The molecule has 2 rings (SSSR count). The van der Waals surface area contributed by atoms with Crippen molar-refractivity contribution < 1.29 is 40.2 Å². The van der Waals surface area contributed by atoms with Crippen molar-refractivity contribution in [2.45, 2.75) is 39.0 Å². The van der Waals surface area contributed by atoms with Crippen LogP contribution in [0.4, 0.5) is 35.1 Å². The standard InChI is InChI=1S/C18H14F8O/c1-2-3-4-5-6-7-10(19)12(21)8(13(22)11(7)20)9-14(23)16(25)18(27)17(26)15(9)24/h27H,2-6H2,1H3. The molecule has 0 aliphatic rings. The minimum absolute atomic E-state index is 0.199. The molecule has 0 heterocycles. The highest BCUT2D eigenvalue weighted by Crippen LogP contribution is 2.39. The van der Waals surface area contributed by atoms with Crippen LogP contribution in [0.1, 0.15) is 38.2 Å². The zero-order chi connectivity index (χ0) is 20.5. The van der Waals surface area contributed by atoms with E-state index in [1.807, 2.05) is 6.92 Å². The molecule has 2 aromatic carbocycles. The number of halogens is 8. The molecule has 0 saturated carbocycles. The predicted molar refractivity (Wildman–Crippen MR) is 81.1 cm³/mol. The summed E-state index contributed by atoms with van der Waals surface area (Å²) in [5, 5.41) is 8.91. The molecular formula is C18H14F8O. The summed E-state index contributed by atoms with van der Waals surface area (Å²) in [6.45, 7) is 1.87. The summed E-state index contributed by atoms with van der Waals surface area (Å²) < 4.78 is 112. The Kier molecular flexibility index (Phi) is 6.33. The lowest BCUT2D eigenvalue weighted by molar-refractivity contribution is 0.357. The van der Waals surface area contributed by atoms with Gasteiger partial charge in [-0.25, -0.2) is 26.3 Å². The maximum atomic E-state index is 14.3. The fraction of sp³-hybridized carbons (Fsp3) is 0.333. The number of unbranched alkanes of at least 4 members (excludes halogenated alkanes) is 3. The second-order valence-electron chi connectivity index (χ2n) is 5.90. The molecule has 9 heteroatoms. The quantitative estimate of drug-likeness (QED) is 0.344. The van der Waals surface area contributed by atoms with Crippen LogP contribution in [0.15, 0.2) is 0 Å². The molecule has 0 unspecified atom stereocenters. The van der Waals surface area contributed by atoms with E-state index >= 15 is 0 Å². The van der Waals surface area contributed by atoms with Gasteiger partial charge >= 0.3 is 0 Å². The van der Waals surface area contributed by atoms with Crippen LogP contribution in [0.2, 0.25) is 0 Å². The van der Waals surface area contributed by atoms with Crippen molar-refractivity contribution in [3.05, 3.63) is 52.1 Å². The van der Waals surface area contributed by atoms with Crippen molar-refractivity contribution in [3.8, 4) is 16.9 Å². The summed E-state index contributed by atoms with van der Waals surface area (Å²) >= 11 is 0. The van der Waals surface area contributed by atoms with Crippen LogP contribution < -0.4 is 0 Å². The number of hydrogen-bond donors (Lipinski definition) is 1. The van der Waals surface area contributed by atoms with Gasteiger partial charge in [0.2, 0.25) is 11.6 Å². The topological polar surface area (TPSA) is 20.2 Å². The molecule has 148 valence electrons. The van der Waals surface area contributed by atoms with Gasteiger partial charge in [-0.05, 0) is 12.8 Å². The van der Waals surface area contributed by atoms with Crippen LogP contribution in [0.25, 0.3) is 11.1 Å². The number of hydrogen-bond acceptors (Lipinski definition) is 1. The Morgan fingerprint density at radius 2 is 0.963 bits per heavy atom. The highest BCUT2D eigenvalue weighted by Gasteiger charge is 2.33. The minimum Gasteiger partial charge on any atom is -0.503 e. The second kappa shape index (κ2) is 8.14. The van der Waals surface area contributed by atoms with Crippen molar-refractivity contribution in [1.29, 1.82) is 0 Å². The first kappa shape index (κ1) is 21.0. The minimum atomic E-state index is -2.39. The van der Waals surface area contributed by atoms with Gasteiger partial charge in [0.05, 0.1) is 11.1 Å².